The van der Waals surface area contributed by atoms with Crippen LogP contribution in [0.4, 0.5) is 0 Å². The van der Waals surface area contributed by atoms with Crippen LogP contribution < -0.4 is 0 Å². The Hall–Kier alpha value is -17.3. The second-order valence-corrected chi connectivity index (χ2v) is 35.4. The predicted molar refractivity (Wildman–Crippen MR) is 546 cm³/mol. The van der Waals surface area contributed by atoms with Gasteiger partial charge in [-0.3, -0.25) is 4.98 Å². The minimum Gasteiger partial charge on any atom is -0.309 e. The van der Waals surface area contributed by atoms with E-state index in [-0.39, 0.29) is 10.8 Å². The predicted octanol–water partition coefficient (Wildman–Crippen LogP) is 30.3. The molecule has 0 N–H and O–H groups in total. The van der Waals surface area contributed by atoms with Crippen LogP contribution in [0.3, 0.4) is 0 Å². The number of pyridine rings is 1. The van der Waals surface area contributed by atoms with Crippen LogP contribution in [0.25, 0.3) is 228 Å². The molecule has 0 saturated heterocycles. The first-order valence-electron chi connectivity index (χ1n) is 45.1. The summed E-state index contributed by atoms with van der Waals surface area (Å²) in [5.74, 6) is 5.95. The van der Waals surface area contributed by atoms with Gasteiger partial charge in [0.15, 0.2) is 52.4 Å². The second kappa shape index (κ2) is 32.5. The highest BCUT2D eigenvalue weighted by Gasteiger charge is 2.38. The van der Waals surface area contributed by atoms with Gasteiger partial charge in [-0.15, -0.1) is 0 Å². The molecular formula is C122H83N11. The minimum absolute atomic E-state index is 0.112. The van der Waals surface area contributed by atoms with Gasteiger partial charge in [-0.1, -0.05) is 386 Å². The largest absolute Gasteiger partial charge is 0.309 e. The molecule has 19 aromatic carbocycles. The van der Waals surface area contributed by atoms with Gasteiger partial charge in [0.25, 0.3) is 0 Å². The maximum atomic E-state index is 5.18. The van der Waals surface area contributed by atoms with E-state index in [2.05, 4.69) is 395 Å². The summed E-state index contributed by atoms with van der Waals surface area (Å²) in [4.78, 5) is 50.1. The van der Waals surface area contributed by atoms with E-state index in [0.717, 1.165) is 105 Å². The van der Waals surface area contributed by atoms with Gasteiger partial charge >= 0.3 is 0 Å². The Kier molecular flexibility index (Phi) is 19.3. The molecule has 133 heavy (non-hydrogen) atoms. The number of hydrogen-bond acceptors (Lipinski definition) is 10. The van der Waals surface area contributed by atoms with Crippen molar-refractivity contribution < 1.29 is 0 Å². The lowest BCUT2D eigenvalue weighted by atomic mass is 9.82. The van der Waals surface area contributed by atoms with Gasteiger partial charge in [0.1, 0.15) is 0 Å². The van der Waals surface area contributed by atoms with Crippen molar-refractivity contribution in [1.82, 2.24) is 54.4 Å². The summed E-state index contributed by atoms with van der Waals surface area (Å²) in [5, 5.41) is 15.3. The molecule has 2 aliphatic rings. The Balaban J connectivity index is 0.000000110. The first-order valence-corrected chi connectivity index (χ1v) is 45.1. The van der Waals surface area contributed by atoms with Crippen LogP contribution in [0.2, 0.25) is 0 Å². The van der Waals surface area contributed by atoms with E-state index < -0.39 is 0 Å². The van der Waals surface area contributed by atoms with E-state index in [1.807, 2.05) is 72.9 Å². The summed E-state index contributed by atoms with van der Waals surface area (Å²) < 4.78 is 2.40. The Morgan fingerprint density at radius 1 is 0.180 bits per heavy atom. The molecule has 0 amide bonds. The molecule has 626 valence electrons. The molecule has 0 atom stereocenters. The number of benzene rings is 19. The second-order valence-electron chi connectivity index (χ2n) is 35.4. The zero-order valence-corrected chi connectivity index (χ0v) is 73.4. The van der Waals surface area contributed by atoms with Gasteiger partial charge < -0.3 is 4.57 Å². The molecule has 5 heterocycles. The van der Waals surface area contributed by atoms with Crippen molar-refractivity contribution in [1.29, 1.82) is 0 Å². The standard InChI is InChI=1S/C43H33N3.C41H26N4.C38H24N4/c1-42(2)35-15-9-7-13-31(35)33-21-19-29(24-37(33)42)40-44-39(28-18-17-26-11-5-6-12-27(26)23-28)45-41(46-40)30-20-22-34-32-14-8-10-16-36(32)43(3,4)38(34)25-30;1-3-13-27(14-4-1)39-42-40(28-15-5-2-6-16-28)44-41(43-39)34-23-24-37(32-20-10-9-19-31(32)34)45-36-22-12-11-21-33(36)35-25-29-17-7-8-18-30(29)26-38(35)45;1-3-9-30-23-32(20-14-25(30)7-1)37-40-36(41-38(42-37)33-21-15-26-8-2-4-10-31(26)24-33)29-18-16-27(17-19-29)34-13-5-11-28-12-6-22-39-35(28)34/h5-25H,1-4H3;1-26H;1-24H. The quantitative estimate of drug-likeness (QED) is 0.123. The van der Waals surface area contributed by atoms with E-state index >= 15 is 0 Å². The number of fused-ring (bicyclic) bond motifs is 15. The summed E-state index contributed by atoms with van der Waals surface area (Å²) in [7, 11) is 0. The lowest BCUT2D eigenvalue weighted by Crippen LogP contribution is -2.15. The third-order valence-corrected chi connectivity index (χ3v) is 26.7. The number of nitrogens with zero attached hydrogens (tertiary/aromatic N) is 11. The highest BCUT2D eigenvalue weighted by molar-refractivity contribution is 6.15. The molecule has 24 aromatic rings. The number of para-hydroxylation sites is 2. The molecular weight excluding hydrogens is 1620 g/mol. The van der Waals surface area contributed by atoms with Gasteiger partial charge in [-0.05, 0) is 165 Å². The first kappa shape index (κ1) is 79.1. The third-order valence-electron chi connectivity index (χ3n) is 26.7. The van der Waals surface area contributed by atoms with Crippen molar-refractivity contribution in [3.05, 3.63) is 453 Å². The molecule has 5 aromatic heterocycles. The van der Waals surface area contributed by atoms with Gasteiger partial charge in [0.05, 0.1) is 22.2 Å². The van der Waals surface area contributed by atoms with Crippen molar-refractivity contribution in [2.75, 3.05) is 0 Å². The van der Waals surface area contributed by atoms with Crippen LogP contribution in [-0.2, 0) is 10.8 Å². The molecule has 0 fully saturated rings. The fourth-order valence-corrected chi connectivity index (χ4v) is 19.9. The van der Waals surface area contributed by atoms with Gasteiger partial charge in [-0.25, -0.2) is 44.9 Å². The van der Waals surface area contributed by atoms with Gasteiger partial charge in [0, 0.05) is 94.2 Å². The van der Waals surface area contributed by atoms with E-state index in [4.69, 9.17) is 44.9 Å². The minimum atomic E-state index is -0.112. The van der Waals surface area contributed by atoms with Crippen molar-refractivity contribution in [3.8, 4) is 142 Å². The Bertz CT molecular complexity index is 8500. The summed E-state index contributed by atoms with van der Waals surface area (Å²) in [6.45, 7) is 9.24. The zero-order chi connectivity index (χ0) is 88.8. The average molecular weight is 1700 g/mol. The van der Waals surface area contributed by atoms with E-state index in [0.29, 0.717) is 52.4 Å². The summed E-state index contributed by atoms with van der Waals surface area (Å²) in [6.07, 6.45) is 1.84. The smallest absolute Gasteiger partial charge is 0.164 e. The molecule has 0 radical (unpaired) electrons. The van der Waals surface area contributed by atoms with Crippen LogP contribution in [0, 0.1) is 0 Å². The molecule has 2 aliphatic carbocycles. The molecule has 0 unspecified atom stereocenters. The van der Waals surface area contributed by atoms with Crippen LogP contribution in [0.5, 0.6) is 0 Å². The van der Waals surface area contributed by atoms with Crippen LogP contribution >= 0.6 is 0 Å². The number of rotatable bonds is 11. The Morgan fingerprint density at radius 2 is 0.511 bits per heavy atom. The topological polar surface area (TPSA) is 134 Å². The van der Waals surface area contributed by atoms with Crippen LogP contribution in [0.1, 0.15) is 49.9 Å². The monoisotopic (exact) mass is 1700 g/mol. The van der Waals surface area contributed by atoms with Crippen molar-refractivity contribution >= 4 is 86.6 Å². The highest BCUT2D eigenvalue weighted by atomic mass is 15.1. The molecule has 11 heteroatoms. The third kappa shape index (κ3) is 14.3. The summed E-state index contributed by atoms with van der Waals surface area (Å²) >= 11 is 0. The lowest BCUT2D eigenvalue weighted by molar-refractivity contribution is 0.660. The van der Waals surface area contributed by atoms with Gasteiger partial charge in [-0.2, -0.15) is 0 Å². The van der Waals surface area contributed by atoms with Crippen molar-refractivity contribution in [3.63, 3.8) is 0 Å². The van der Waals surface area contributed by atoms with Crippen molar-refractivity contribution in [2.45, 2.75) is 38.5 Å². The van der Waals surface area contributed by atoms with E-state index in [9.17, 15) is 0 Å². The van der Waals surface area contributed by atoms with Crippen LogP contribution in [0.15, 0.2) is 431 Å². The zero-order valence-electron chi connectivity index (χ0n) is 73.4. The Labute approximate surface area is 769 Å². The van der Waals surface area contributed by atoms with E-state index in [1.54, 1.807) is 0 Å². The fraction of sp³-hybridized carbons (Fsp3) is 0.0492. The highest BCUT2D eigenvalue weighted by Crippen LogP contribution is 2.52. The molecule has 0 spiro atoms. The van der Waals surface area contributed by atoms with Crippen LogP contribution in [-0.4, -0.2) is 54.4 Å². The maximum absolute atomic E-state index is 5.18. The number of hydrogen-bond donors (Lipinski definition) is 0. The fourth-order valence-electron chi connectivity index (χ4n) is 19.9. The Morgan fingerprint density at radius 3 is 1.01 bits per heavy atom. The normalized spacial score (nSPS) is 12.6. The molecule has 0 aliphatic heterocycles. The molecule has 11 nitrogen and oxygen atoms in total. The number of aromatic nitrogens is 11. The SMILES string of the molecule is CC1(C)c2ccccc2-c2ccc(-c3nc(-c4ccc5c(c4)C(C)(C)c4ccccc4-5)nc(-c4ccc5ccccc5c4)n3)cc21.c1ccc(-c2nc(-c3ccccc3)nc(-c3ccc(-n4c5ccccc5c5cc6ccccc6cc54)c4ccccc34)n2)cc1.c1ccc2cc(-c3nc(-c4ccc(-c5cccc6cccnc56)cc4)nc(-c4ccc5ccccc5c4)n3)ccc2c1. The summed E-state index contributed by atoms with van der Waals surface area (Å²) in [6, 6.07) is 149. The first-order chi connectivity index (χ1) is 65.4. The molecule has 26 rings (SSSR count). The molecule has 0 bridgehead atoms. The van der Waals surface area contributed by atoms with E-state index in [1.165, 1.54) is 93.2 Å². The molecule has 0 saturated carbocycles. The summed E-state index contributed by atoms with van der Waals surface area (Å²) in [5.41, 5.74) is 25.7. The lowest BCUT2D eigenvalue weighted by Gasteiger charge is -2.22. The maximum Gasteiger partial charge on any atom is 0.164 e. The van der Waals surface area contributed by atoms with Gasteiger partial charge in [0.2, 0.25) is 0 Å². The average Bonchev–Trinajstić information content (AvgIpc) is 1.59. The van der Waals surface area contributed by atoms with Crippen molar-refractivity contribution in [2.24, 2.45) is 0 Å².